The number of rotatable bonds is 3. The Balaban J connectivity index is 1.58. The third kappa shape index (κ3) is 2.99. The Morgan fingerprint density at radius 1 is 1.23 bits per heavy atom. The molecule has 0 fully saturated rings. The third-order valence-corrected chi connectivity index (χ3v) is 4.43. The van der Waals surface area contributed by atoms with Crippen LogP contribution in [0, 0.1) is 12.8 Å². The summed E-state index contributed by atoms with van der Waals surface area (Å²) >= 11 is 6.01. The standard InChI is InChI=1S/C19H16ClN5O/c1-11-16(19(26)25(24-11)15-5-3-4-13(20)8-15)10-21-14-6-7-17-18(9-14)23-12(2)22-17/h3-10,16H,1-2H3,(H,22,23). The fourth-order valence-corrected chi connectivity index (χ4v) is 3.09. The molecule has 3 aromatic rings. The normalized spacial score (nSPS) is 17.5. The Kier molecular flexibility index (Phi) is 4.05. The van der Waals surface area contributed by atoms with Gasteiger partial charge in [0.25, 0.3) is 5.91 Å². The number of aromatic amines is 1. The van der Waals surface area contributed by atoms with Gasteiger partial charge >= 0.3 is 0 Å². The first-order chi connectivity index (χ1) is 12.5. The summed E-state index contributed by atoms with van der Waals surface area (Å²) in [5.74, 6) is 0.215. The Morgan fingerprint density at radius 3 is 2.88 bits per heavy atom. The fourth-order valence-electron chi connectivity index (χ4n) is 2.91. The highest BCUT2D eigenvalue weighted by atomic mass is 35.5. The summed E-state index contributed by atoms with van der Waals surface area (Å²) in [5, 5.41) is 6.30. The molecule has 0 radical (unpaired) electrons. The van der Waals surface area contributed by atoms with Gasteiger partial charge in [0.2, 0.25) is 0 Å². The number of hydrogen-bond donors (Lipinski definition) is 1. The summed E-state index contributed by atoms with van der Waals surface area (Å²) in [6, 6.07) is 12.7. The van der Waals surface area contributed by atoms with Gasteiger partial charge < -0.3 is 4.98 Å². The van der Waals surface area contributed by atoms with Gasteiger partial charge in [0, 0.05) is 11.2 Å². The van der Waals surface area contributed by atoms with Gasteiger partial charge in [-0.05, 0) is 50.2 Å². The molecule has 7 heteroatoms. The van der Waals surface area contributed by atoms with Crippen LogP contribution in [0.1, 0.15) is 12.7 Å². The maximum absolute atomic E-state index is 12.7. The topological polar surface area (TPSA) is 73.7 Å². The molecule has 1 unspecified atom stereocenters. The molecule has 1 aliphatic heterocycles. The van der Waals surface area contributed by atoms with Crippen molar-refractivity contribution < 1.29 is 4.79 Å². The minimum atomic E-state index is -0.492. The van der Waals surface area contributed by atoms with E-state index >= 15 is 0 Å². The number of carbonyl (C=O) groups excluding carboxylic acids is 1. The number of anilines is 1. The van der Waals surface area contributed by atoms with E-state index in [-0.39, 0.29) is 5.91 Å². The maximum atomic E-state index is 12.7. The maximum Gasteiger partial charge on any atom is 0.261 e. The van der Waals surface area contributed by atoms with Crippen LogP contribution >= 0.6 is 11.6 Å². The summed E-state index contributed by atoms with van der Waals surface area (Å²) in [5.41, 5.74) is 3.90. The molecular formula is C19H16ClN5O. The largest absolute Gasteiger partial charge is 0.342 e. The van der Waals surface area contributed by atoms with E-state index in [9.17, 15) is 4.79 Å². The van der Waals surface area contributed by atoms with E-state index in [0.717, 1.165) is 22.5 Å². The van der Waals surface area contributed by atoms with Gasteiger partial charge in [-0.15, -0.1) is 0 Å². The number of nitrogens with one attached hydrogen (secondary N) is 1. The number of carbonyl (C=O) groups is 1. The Labute approximate surface area is 155 Å². The van der Waals surface area contributed by atoms with E-state index in [0.29, 0.717) is 16.4 Å². The first-order valence-corrected chi connectivity index (χ1v) is 8.54. The van der Waals surface area contributed by atoms with Crippen LogP contribution in [-0.2, 0) is 4.79 Å². The monoisotopic (exact) mass is 365 g/mol. The second kappa shape index (κ2) is 6.38. The number of imidazole rings is 1. The second-order valence-corrected chi connectivity index (χ2v) is 6.59. The molecule has 1 N–H and O–H groups in total. The molecule has 1 aromatic heterocycles. The van der Waals surface area contributed by atoms with Crippen molar-refractivity contribution >= 4 is 51.8 Å². The van der Waals surface area contributed by atoms with Crippen LogP contribution in [0.2, 0.25) is 5.02 Å². The minimum Gasteiger partial charge on any atom is -0.342 e. The number of amides is 1. The Hall–Kier alpha value is -2.99. The highest BCUT2D eigenvalue weighted by molar-refractivity contribution is 6.31. The molecule has 0 bridgehead atoms. The molecule has 2 aromatic carbocycles. The lowest BCUT2D eigenvalue weighted by Crippen LogP contribution is -2.27. The van der Waals surface area contributed by atoms with Crippen LogP contribution in [0.5, 0.6) is 0 Å². The quantitative estimate of drug-likeness (QED) is 0.704. The van der Waals surface area contributed by atoms with Crippen LogP contribution in [0.25, 0.3) is 11.0 Å². The summed E-state index contributed by atoms with van der Waals surface area (Å²) in [6.07, 6.45) is 1.64. The van der Waals surface area contributed by atoms with Crippen molar-refractivity contribution in [2.75, 3.05) is 5.01 Å². The molecule has 1 amide bonds. The van der Waals surface area contributed by atoms with Gasteiger partial charge in [-0.3, -0.25) is 9.79 Å². The van der Waals surface area contributed by atoms with E-state index in [1.807, 2.05) is 32.0 Å². The Morgan fingerprint density at radius 2 is 2.08 bits per heavy atom. The Bertz CT molecular complexity index is 1070. The average Bonchev–Trinajstić information content (AvgIpc) is 3.11. The summed E-state index contributed by atoms with van der Waals surface area (Å²) in [6.45, 7) is 3.73. The van der Waals surface area contributed by atoms with E-state index in [1.54, 1.807) is 30.5 Å². The number of halogens is 1. The molecule has 1 aliphatic rings. The highest BCUT2D eigenvalue weighted by Gasteiger charge is 2.33. The number of aromatic nitrogens is 2. The molecule has 6 nitrogen and oxygen atoms in total. The number of benzene rings is 2. The van der Waals surface area contributed by atoms with Crippen molar-refractivity contribution in [2.45, 2.75) is 13.8 Å². The zero-order valence-corrected chi connectivity index (χ0v) is 15.0. The van der Waals surface area contributed by atoms with E-state index < -0.39 is 5.92 Å². The van der Waals surface area contributed by atoms with Crippen molar-refractivity contribution in [2.24, 2.45) is 16.0 Å². The first-order valence-electron chi connectivity index (χ1n) is 8.16. The lowest BCUT2D eigenvalue weighted by atomic mass is 10.1. The predicted octanol–water partition coefficient (Wildman–Crippen LogP) is 4.27. The highest BCUT2D eigenvalue weighted by Crippen LogP contribution is 2.26. The van der Waals surface area contributed by atoms with Crippen LogP contribution in [0.3, 0.4) is 0 Å². The molecule has 26 heavy (non-hydrogen) atoms. The predicted molar refractivity (Wildman–Crippen MR) is 105 cm³/mol. The number of fused-ring (bicyclic) bond motifs is 1. The fraction of sp³-hybridized carbons (Fsp3) is 0.158. The van der Waals surface area contributed by atoms with Crippen molar-refractivity contribution in [3.8, 4) is 0 Å². The SMILES string of the molecule is CC1=NN(c2cccc(Cl)c2)C(=O)C1C=Nc1ccc2nc(C)[nH]c2c1. The van der Waals surface area contributed by atoms with Crippen LogP contribution in [0.4, 0.5) is 11.4 Å². The summed E-state index contributed by atoms with van der Waals surface area (Å²) < 4.78 is 0. The molecular weight excluding hydrogens is 350 g/mol. The molecule has 0 spiro atoms. The molecule has 0 aliphatic carbocycles. The van der Waals surface area contributed by atoms with Crippen LogP contribution < -0.4 is 5.01 Å². The molecule has 0 saturated carbocycles. The molecule has 4 rings (SSSR count). The number of aryl methyl sites for hydroxylation is 1. The number of hydrogen-bond acceptors (Lipinski definition) is 4. The second-order valence-electron chi connectivity index (χ2n) is 6.15. The van der Waals surface area contributed by atoms with Gasteiger partial charge in [0.05, 0.1) is 28.1 Å². The van der Waals surface area contributed by atoms with E-state index in [2.05, 4.69) is 20.1 Å². The smallest absolute Gasteiger partial charge is 0.261 e. The number of hydrazone groups is 1. The van der Waals surface area contributed by atoms with E-state index in [4.69, 9.17) is 11.6 Å². The molecule has 130 valence electrons. The lowest BCUT2D eigenvalue weighted by Gasteiger charge is -2.12. The van der Waals surface area contributed by atoms with Gasteiger partial charge in [-0.2, -0.15) is 10.1 Å². The summed E-state index contributed by atoms with van der Waals surface area (Å²) in [4.78, 5) is 24.7. The number of nitrogens with zero attached hydrogens (tertiary/aromatic N) is 4. The minimum absolute atomic E-state index is 0.146. The van der Waals surface area contributed by atoms with E-state index in [1.165, 1.54) is 5.01 Å². The van der Waals surface area contributed by atoms with Crippen molar-refractivity contribution in [1.29, 1.82) is 0 Å². The molecule has 1 atom stereocenters. The van der Waals surface area contributed by atoms with Crippen molar-refractivity contribution in [3.63, 3.8) is 0 Å². The van der Waals surface area contributed by atoms with Crippen molar-refractivity contribution in [3.05, 3.63) is 53.3 Å². The average molecular weight is 366 g/mol. The van der Waals surface area contributed by atoms with Gasteiger partial charge in [0.1, 0.15) is 11.7 Å². The number of aliphatic imine (C=N–C) groups is 1. The zero-order chi connectivity index (χ0) is 18.3. The summed E-state index contributed by atoms with van der Waals surface area (Å²) in [7, 11) is 0. The molecule has 2 heterocycles. The van der Waals surface area contributed by atoms with Gasteiger partial charge in [-0.25, -0.2) is 4.98 Å². The number of H-pyrrole nitrogens is 1. The van der Waals surface area contributed by atoms with Gasteiger partial charge in [0.15, 0.2) is 0 Å². The first kappa shape index (κ1) is 16.5. The van der Waals surface area contributed by atoms with Gasteiger partial charge in [-0.1, -0.05) is 17.7 Å². The lowest BCUT2D eigenvalue weighted by molar-refractivity contribution is -0.118. The van der Waals surface area contributed by atoms with Crippen LogP contribution in [0.15, 0.2) is 52.6 Å². The molecule has 0 saturated heterocycles. The van der Waals surface area contributed by atoms with Crippen molar-refractivity contribution in [1.82, 2.24) is 9.97 Å². The zero-order valence-electron chi connectivity index (χ0n) is 14.3. The third-order valence-electron chi connectivity index (χ3n) is 4.19. The van der Waals surface area contributed by atoms with Crippen LogP contribution in [-0.4, -0.2) is 27.8 Å².